The fraction of sp³-hybridized carbons (Fsp3) is 0.231. The molecule has 3 heterocycles. The van der Waals surface area contributed by atoms with Crippen molar-refractivity contribution in [1.29, 1.82) is 0 Å². The van der Waals surface area contributed by atoms with Gasteiger partial charge in [-0.3, -0.25) is 14.2 Å². The lowest BCUT2D eigenvalue weighted by Crippen LogP contribution is -2.55. The number of nitrogens with zero attached hydrogens (tertiary/aromatic N) is 5. The molecule has 0 aliphatic carbocycles. The van der Waals surface area contributed by atoms with Gasteiger partial charge in [-0.15, -0.1) is 21.5 Å². The summed E-state index contributed by atoms with van der Waals surface area (Å²) in [5, 5.41) is 11.5. The number of para-hydroxylation sites is 1. The molecule has 0 spiro atoms. The molecule has 1 atom stereocenters. The van der Waals surface area contributed by atoms with Crippen LogP contribution >= 0.6 is 23.1 Å². The van der Waals surface area contributed by atoms with E-state index in [-0.39, 0.29) is 23.6 Å². The Hall–Kier alpha value is -3.43. The van der Waals surface area contributed by atoms with Gasteiger partial charge in [0.1, 0.15) is 0 Å². The first-order valence-electron chi connectivity index (χ1n) is 11.4. The molecule has 178 valence electrons. The number of thioether (sulfide) groups is 1. The van der Waals surface area contributed by atoms with Gasteiger partial charge >= 0.3 is 0 Å². The van der Waals surface area contributed by atoms with E-state index in [4.69, 9.17) is 0 Å². The van der Waals surface area contributed by atoms with Crippen LogP contribution in [0.2, 0.25) is 0 Å². The highest BCUT2D eigenvalue weighted by atomic mass is 32.2. The maximum Gasteiger partial charge on any atom is 0.254 e. The summed E-state index contributed by atoms with van der Waals surface area (Å²) in [7, 11) is 0. The first kappa shape index (κ1) is 23.3. The third-order valence-electron chi connectivity index (χ3n) is 5.98. The van der Waals surface area contributed by atoms with Gasteiger partial charge in [0, 0.05) is 36.9 Å². The standard InChI is InChI=1S/C26H25N5O2S2/c1-19-17-29(14-15-30(19)25(33)20-9-4-2-5-10-20)23(32)18-35-26-28-27-24(22-13-8-16-34-22)31(26)21-11-6-3-7-12-21/h2-13,16,19H,14-15,17-18H2,1H3. The van der Waals surface area contributed by atoms with Crippen molar-refractivity contribution in [3.05, 3.63) is 83.7 Å². The van der Waals surface area contributed by atoms with Gasteiger partial charge in [-0.2, -0.15) is 0 Å². The summed E-state index contributed by atoms with van der Waals surface area (Å²) in [6.07, 6.45) is 0. The van der Waals surface area contributed by atoms with Gasteiger partial charge in [0.15, 0.2) is 11.0 Å². The molecule has 2 amide bonds. The molecule has 0 radical (unpaired) electrons. The number of carbonyl (C=O) groups excluding carboxylic acids is 2. The molecule has 35 heavy (non-hydrogen) atoms. The zero-order valence-electron chi connectivity index (χ0n) is 19.3. The Balaban J connectivity index is 1.26. The highest BCUT2D eigenvalue weighted by Crippen LogP contribution is 2.30. The second-order valence-electron chi connectivity index (χ2n) is 8.30. The molecule has 9 heteroatoms. The quantitative estimate of drug-likeness (QED) is 0.363. The molecule has 4 aromatic rings. The van der Waals surface area contributed by atoms with Crippen molar-refractivity contribution in [2.45, 2.75) is 18.1 Å². The van der Waals surface area contributed by atoms with E-state index in [1.807, 2.05) is 99.5 Å². The predicted octanol–water partition coefficient (Wildman–Crippen LogP) is 4.46. The van der Waals surface area contributed by atoms with E-state index >= 15 is 0 Å². The zero-order chi connectivity index (χ0) is 24.2. The predicted molar refractivity (Wildman–Crippen MR) is 139 cm³/mol. The molecule has 1 fully saturated rings. The lowest BCUT2D eigenvalue weighted by molar-refractivity contribution is -0.130. The third-order valence-corrected chi connectivity index (χ3v) is 7.76. The maximum atomic E-state index is 13.1. The van der Waals surface area contributed by atoms with Crippen LogP contribution in [0, 0.1) is 0 Å². The molecular weight excluding hydrogens is 478 g/mol. The molecule has 0 N–H and O–H groups in total. The Morgan fingerprint density at radius 3 is 2.40 bits per heavy atom. The molecule has 2 aromatic heterocycles. The SMILES string of the molecule is CC1CN(C(=O)CSc2nnc(-c3cccs3)n2-c2ccccc2)CCN1C(=O)c1ccccc1. The zero-order valence-corrected chi connectivity index (χ0v) is 20.9. The first-order chi connectivity index (χ1) is 17.1. The number of hydrogen-bond donors (Lipinski definition) is 0. The molecule has 0 bridgehead atoms. The lowest BCUT2D eigenvalue weighted by atomic mass is 10.1. The minimum atomic E-state index is -0.0520. The van der Waals surface area contributed by atoms with Crippen LogP contribution in [0.1, 0.15) is 17.3 Å². The number of hydrogen-bond acceptors (Lipinski definition) is 6. The normalized spacial score (nSPS) is 15.9. The number of thiophene rings is 1. The van der Waals surface area contributed by atoms with Crippen molar-refractivity contribution < 1.29 is 9.59 Å². The summed E-state index contributed by atoms with van der Waals surface area (Å²) >= 11 is 3.00. The molecule has 1 unspecified atom stereocenters. The summed E-state index contributed by atoms with van der Waals surface area (Å²) in [5.41, 5.74) is 1.63. The van der Waals surface area contributed by atoms with Crippen molar-refractivity contribution in [1.82, 2.24) is 24.6 Å². The van der Waals surface area contributed by atoms with Crippen LogP contribution in [0.4, 0.5) is 0 Å². The van der Waals surface area contributed by atoms with Crippen molar-refractivity contribution >= 4 is 34.9 Å². The minimum Gasteiger partial charge on any atom is -0.338 e. The Kier molecular flexibility index (Phi) is 6.96. The second-order valence-corrected chi connectivity index (χ2v) is 10.2. The van der Waals surface area contributed by atoms with E-state index in [9.17, 15) is 9.59 Å². The molecule has 1 saturated heterocycles. The monoisotopic (exact) mass is 503 g/mol. The Morgan fingerprint density at radius 1 is 0.971 bits per heavy atom. The number of piperazine rings is 1. The minimum absolute atomic E-state index is 0.0108. The van der Waals surface area contributed by atoms with Crippen LogP contribution in [0.5, 0.6) is 0 Å². The number of benzene rings is 2. The van der Waals surface area contributed by atoms with Gasteiger partial charge in [0.2, 0.25) is 5.91 Å². The third kappa shape index (κ3) is 5.01. The van der Waals surface area contributed by atoms with Gasteiger partial charge < -0.3 is 9.80 Å². The second kappa shape index (κ2) is 10.5. The number of aromatic nitrogens is 3. The Labute approximate surface area is 212 Å². The number of amides is 2. The van der Waals surface area contributed by atoms with Crippen LogP contribution in [0.25, 0.3) is 16.4 Å². The first-order valence-corrected chi connectivity index (χ1v) is 13.3. The fourth-order valence-electron chi connectivity index (χ4n) is 4.19. The molecule has 1 aliphatic rings. The van der Waals surface area contributed by atoms with Crippen molar-refractivity contribution in [2.75, 3.05) is 25.4 Å². The van der Waals surface area contributed by atoms with Gasteiger partial charge in [0.05, 0.1) is 10.6 Å². The largest absolute Gasteiger partial charge is 0.338 e. The molecular formula is C26H25N5O2S2. The number of rotatable bonds is 6. The summed E-state index contributed by atoms with van der Waals surface area (Å²) in [6.45, 7) is 3.55. The summed E-state index contributed by atoms with van der Waals surface area (Å²) in [6, 6.07) is 23.2. The van der Waals surface area contributed by atoms with Crippen LogP contribution in [-0.2, 0) is 4.79 Å². The summed E-state index contributed by atoms with van der Waals surface area (Å²) in [4.78, 5) is 30.7. The highest BCUT2D eigenvalue weighted by molar-refractivity contribution is 7.99. The van der Waals surface area contributed by atoms with Gasteiger partial charge in [0.25, 0.3) is 5.91 Å². The Bertz CT molecular complexity index is 1290. The van der Waals surface area contributed by atoms with Crippen LogP contribution in [0.15, 0.2) is 83.3 Å². The van der Waals surface area contributed by atoms with Gasteiger partial charge in [-0.1, -0.05) is 54.2 Å². The van der Waals surface area contributed by atoms with Gasteiger partial charge in [-0.05, 0) is 42.6 Å². The Morgan fingerprint density at radius 2 is 1.71 bits per heavy atom. The maximum absolute atomic E-state index is 13.1. The van der Waals surface area contributed by atoms with E-state index in [0.29, 0.717) is 30.4 Å². The lowest BCUT2D eigenvalue weighted by Gasteiger charge is -2.40. The fourth-order valence-corrected chi connectivity index (χ4v) is 5.74. The van der Waals surface area contributed by atoms with Gasteiger partial charge in [-0.25, -0.2) is 0 Å². The van der Waals surface area contributed by atoms with Crippen molar-refractivity contribution in [2.24, 2.45) is 0 Å². The highest BCUT2D eigenvalue weighted by Gasteiger charge is 2.30. The molecule has 1 aliphatic heterocycles. The van der Waals surface area contributed by atoms with Crippen LogP contribution in [-0.4, -0.2) is 67.8 Å². The smallest absolute Gasteiger partial charge is 0.254 e. The van der Waals surface area contributed by atoms with Crippen molar-refractivity contribution in [3.8, 4) is 16.4 Å². The molecule has 0 saturated carbocycles. The topological polar surface area (TPSA) is 71.3 Å². The van der Waals surface area contributed by atoms with E-state index in [1.54, 1.807) is 11.3 Å². The summed E-state index contributed by atoms with van der Waals surface area (Å²) < 4.78 is 2.00. The number of carbonyl (C=O) groups is 2. The van der Waals surface area contributed by atoms with E-state index in [2.05, 4.69) is 10.2 Å². The average Bonchev–Trinajstić information content (AvgIpc) is 3.58. The molecule has 2 aromatic carbocycles. The van der Waals surface area contributed by atoms with E-state index in [0.717, 1.165) is 16.4 Å². The van der Waals surface area contributed by atoms with Crippen LogP contribution in [0.3, 0.4) is 0 Å². The summed E-state index contributed by atoms with van der Waals surface area (Å²) in [5.74, 6) is 1.07. The molecule has 7 nitrogen and oxygen atoms in total. The average molecular weight is 504 g/mol. The van der Waals surface area contributed by atoms with E-state index < -0.39 is 0 Å². The van der Waals surface area contributed by atoms with E-state index in [1.165, 1.54) is 11.8 Å². The van der Waals surface area contributed by atoms with Crippen LogP contribution < -0.4 is 0 Å². The molecule has 5 rings (SSSR count). The van der Waals surface area contributed by atoms with Crippen molar-refractivity contribution in [3.63, 3.8) is 0 Å².